The molecule has 1 saturated heterocycles. The zero-order valence-electron chi connectivity index (χ0n) is 14.1. The molecule has 0 radical (unpaired) electrons. The number of benzene rings is 1. The minimum atomic E-state index is -1.30. The molecule has 1 aliphatic heterocycles. The lowest BCUT2D eigenvalue weighted by Gasteiger charge is -2.24. The average Bonchev–Trinajstić information content (AvgIpc) is 3.02. The van der Waals surface area contributed by atoms with Gasteiger partial charge in [0.2, 0.25) is 0 Å². The Kier molecular flexibility index (Phi) is 4.54. The maximum Gasteiger partial charge on any atom is 0.410 e. The molecule has 0 saturated carbocycles. The molecule has 128 valence electrons. The highest BCUT2D eigenvalue weighted by Gasteiger charge is 2.33. The Morgan fingerprint density at radius 3 is 2.71 bits per heavy atom. The number of amides is 1. The van der Waals surface area contributed by atoms with Crippen molar-refractivity contribution in [3.8, 4) is 0 Å². The number of hydrogen-bond donors (Lipinski definition) is 0. The standard InChI is InChI=1S/C17H21N3O3S/c1-17(2,3)23-16(21)20-9-8-12(11-20)24(22)15-10-18-13-6-4-5-7-14(13)19-15/h4-7,10,12H,8-9,11H2,1-3H3/t12-,24+/m1/s1. The van der Waals surface area contributed by atoms with Crippen LogP contribution >= 0.6 is 0 Å². The zero-order chi connectivity index (χ0) is 17.3. The number of likely N-dealkylation sites (tertiary alicyclic amines) is 1. The van der Waals surface area contributed by atoms with Gasteiger partial charge in [-0.2, -0.15) is 0 Å². The quantitative estimate of drug-likeness (QED) is 0.835. The van der Waals surface area contributed by atoms with Gasteiger partial charge in [-0.05, 0) is 39.3 Å². The third kappa shape index (κ3) is 3.72. The van der Waals surface area contributed by atoms with Crippen LogP contribution < -0.4 is 0 Å². The second-order valence-corrected chi connectivity index (χ2v) is 8.51. The van der Waals surface area contributed by atoms with Crippen LogP contribution in [0.15, 0.2) is 35.5 Å². The molecule has 1 fully saturated rings. The molecule has 3 rings (SSSR count). The minimum absolute atomic E-state index is 0.145. The average molecular weight is 347 g/mol. The molecule has 2 atom stereocenters. The van der Waals surface area contributed by atoms with Crippen molar-refractivity contribution in [2.45, 2.75) is 43.1 Å². The molecule has 0 aliphatic carbocycles. The molecule has 1 aliphatic rings. The van der Waals surface area contributed by atoms with Crippen LogP contribution in [0.1, 0.15) is 27.2 Å². The summed E-state index contributed by atoms with van der Waals surface area (Å²) in [7, 11) is -1.30. The van der Waals surface area contributed by atoms with E-state index in [0.717, 1.165) is 11.0 Å². The third-order valence-corrected chi connectivity index (χ3v) is 5.33. The molecule has 6 nitrogen and oxygen atoms in total. The highest BCUT2D eigenvalue weighted by Crippen LogP contribution is 2.22. The first-order valence-corrected chi connectivity index (χ1v) is 9.15. The van der Waals surface area contributed by atoms with Crippen LogP contribution in [0.5, 0.6) is 0 Å². The lowest BCUT2D eigenvalue weighted by Crippen LogP contribution is -2.36. The molecular weight excluding hydrogens is 326 g/mol. The molecule has 1 amide bonds. The van der Waals surface area contributed by atoms with Crippen molar-refractivity contribution in [3.05, 3.63) is 30.5 Å². The van der Waals surface area contributed by atoms with Gasteiger partial charge in [0.1, 0.15) is 10.6 Å². The van der Waals surface area contributed by atoms with Gasteiger partial charge >= 0.3 is 6.09 Å². The topological polar surface area (TPSA) is 72.4 Å². The molecule has 1 aromatic carbocycles. The van der Waals surface area contributed by atoms with Crippen LogP contribution in [-0.4, -0.2) is 49.1 Å². The molecule has 1 aromatic heterocycles. The van der Waals surface area contributed by atoms with E-state index in [1.54, 1.807) is 11.1 Å². The van der Waals surface area contributed by atoms with Crippen LogP contribution in [-0.2, 0) is 15.5 Å². The van der Waals surface area contributed by atoms with E-state index >= 15 is 0 Å². The van der Waals surface area contributed by atoms with Gasteiger partial charge < -0.3 is 9.64 Å². The van der Waals surface area contributed by atoms with Gasteiger partial charge in [-0.25, -0.2) is 9.78 Å². The summed E-state index contributed by atoms with van der Waals surface area (Å²) in [6.07, 6.45) is 1.88. The van der Waals surface area contributed by atoms with Gasteiger partial charge in [-0.1, -0.05) is 12.1 Å². The predicted molar refractivity (Wildman–Crippen MR) is 92.2 cm³/mol. The van der Waals surface area contributed by atoms with E-state index in [4.69, 9.17) is 4.74 Å². The maximum atomic E-state index is 12.8. The predicted octanol–water partition coefficient (Wildman–Crippen LogP) is 2.75. The summed E-state index contributed by atoms with van der Waals surface area (Å²) in [5.74, 6) is 0. The normalized spacial score (nSPS) is 19.5. The summed E-state index contributed by atoms with van der Waals surface area (Å²) >= 11 is 0. The Bertz CT molecular complexity index is 788. The van der Waals surface area contributed by atoms with Crippen molar-refractivity contribution in [2.75, 3.05) is 13.1 Å². The number of carbonyl (C=O) groups excluding carboxylic acids is 1. The Hall–Kier alpha value is -2.02. The fourth-order valence-electron chi connectivity index (χ4n) is 2.60. The Morgan fingerprint density at radius 1 is 1.29 bits per heavy atom. The van der Waals surface area contributed by atoms with Crippen LogP contribution in [0.3, 0.4) is 0 Å². The van der Waals surface area contributed by atoms with Crippen LogP contribution in [0.25, 0.3) is 11.0 Å². The van der Waals surface area contributed by atoms with Crippen LogP contribution in [0, 0.1) is 0 Å². The fourth-order valence-corrected chi connectivity index (χ4v) is 3.92. The molecular formula is C17H21N3O3S. The lowest BCUT2D eigenvalue weighted by molar-refractivity contribution is 0.0295. The number of nitrogens with zero attached hydrogens (tertiary/aromatic N) is 3. The molecule has 0 N–H and O–H groups in total. The lowest BCUT2D eigenvalue weighted by atomic mass is 10.2. The summed E-state index contributed by atoms with van der Waals surface area (Å²) < 4.78 is 18.1. The number of aromatic nitrogens is 2. The molecule has 0 bridgehead atoms. The Labute approximate surface area is 143 Å². The molecule has 2 heterocycles. The first-order valence-electron chi connectivity index (χ1n) is 7.94. The van der Waals surface area contributed by atoms with Gasteiger partial charge in [0.05, 0.1) is 33.3 Å². The van der Waals surface area contributed by atoms with E-state index in [1.807, 2.05) is 45.0 Å². The molecule has 24 heavy (non-hydrogen) atoms. The first kappa shape index (κ1) is 16.8. The second kappa shape index (κ2) is 6.47. The van der Waals surface area contributed by atoms with Crippen molar-refractivity contribution in [3.63, 3.8) is 0 Å². The molecule has 0 unspecified atom stereocenters. The van der Waals surface area contributed by atoms with Gasteiger partial charge in [0.25, 0.3) is 0 Å². The number of carbonyl (C=O) groups is 1. The van der Waals surface area contributed by atoms with E-state index in [0.29, 0.717) is 24.5 Å². The van der Waals surface area contributed by atoms with E-state index in [2.05, 4.69) is 9.97 Å². The smallest absolute Gasteiger partial charge is 0.410 e. The van der Waals surface area contributed by atoms with E-state index in [1.165, 1.54) is 0 Å². The van der Waals surface area contributed by atoms with Crippen molar-refractivity contribution >= 4 is 27.9 Å². The van der Waals surface area contributed by atoms with E-state index in [-0.39, 0.29) is 11.3 Å². The number of para-hydroxylation sites is 2. The van der Waals surface area contributed by atoms with Gasteiger partial charge in [-0.3, -0.25) is 9.19 Å². The van der Waals surface area contributed by atoms with E-state index in [9.17, 15) is 9.00 Å². The fraction of sp³-hybridized carbons (Fsp3) is 0.471. The van der Waals surface area contributed by atoms with E-state index < -0.39 is 16.4 Å². The van der Waals surface area contributed by atoms with Crippen molar-refractivity contribution in [1.29, 1.82) is 0 Å². The van der Waals surface area contributed by atoms with Gasteiger partial charge in [0, 0.05) is 13.1 Å². The number of fused-ring (bicyclic) bond motifs is 1. The molecule has 7 heteroatoms. The summed E-state index contributed by atoms with van der Waals surface area (Å²) in [6.45, 7) is 6.46. The Balaban J connectivity index is 1.70. The summed E-state index contributed by atoms with van der Waals surface area (Å²) in [5.41, 5.74) is 0.975. The molecule has 2 aromatic rings. The maximum absolute atomic E-state index is 12.8. The van der Waals surface area contributed by atoms with Crippen molar-refractivity contribution < 1.29 is 13.7 Å². The monoisotopic (exact) mass is 347 g/mol. The minimum Gasteiger partial charge on any atom is -0.444 e. The molecule has 0 spiro atoms. The first-order chi connectivity index (χ1) is 11.3. The number of hydrogen-bond acceptors (Lipinski definition) is 5. The largest absolute Gasteiger partial charge is 0.444 e. The summed E-state index contributed by atoms with van der Waals surface area (Å²) in [6, 6.07) is 7.49. The van der Waals surface area contributed by atoms with Crippen molar-refractivity contribution in [1.82, 2.24) is 14.9 Å². The van der Waals surface area contributed by atoms with Crippen molar-refractivity contribution in [2.24, 2.45) is 0 Å². The van der Waals surface area contributed by atoms with Gasteiger partial charge in [-0.15, -0.1) is 0 Å². The second-order valence-electron chi connectivity index (χ2n) is 6.83. The highest BCUT2D eigenvalue weighted by molar-refractivity contribution is 7.85. The van der Waals surface area contributed by atoms with Gasteiger partial charge in [0.15, 0.2) is 0 Å². The Morgan fingerprint density at radius 2 is 2.00 bits per heavy atom. The SMILES string of the molecule is CC(C)(C)OC(=O)N1CC[C@@H]([S@](=O)c2cnc3ccccc3n2)C1. The zero-order valence-corrected chi connectivity index (χ0v) is 14.9. The summed E-state index contributed by atoms with van der Waals surface area (Å²) in [5, 5.41) is 0.317. The third-order valence-electron chi connectivity index (χ3n) is 3.73. The highest BCUT2D eigenvalue weighted by atomic mass is 32.2. The van der Waals surface area contributed by atoms with Crippen LogP contribution in [0.2, 0.25) is 0 Å². The van der Waals surface area contributed by atoms with Crippen LogP contribution in [0.4, 0.5) is 4.79 Å². The summed E-state index contributed by atoms with van der Waals surface area (Å²) in [4.78, 5) is 22.5. The number of ether oxygens (including phenoxy) is 1. The number of rotatable bonds is 2.